The number of aromatic nitrogens is 1. The fourth-order valence-corrected chi connectivity index (χ4v) is 3.93. The summed E-state index contributed by atoms with van der Waals surface area (Å²) in [5, 5.41) is 3.49. The van der Waals surface area contributed by atoms with E-state index in [-0.39, 0.29) is 5.91 Å². The maximum atomic E-state index is 12.1. The molecule has 0 spiro atoms. The summed E-state index contributed by atoms with van der Waals surface area (Å²) in [5.74, 6) is 1.90. The number of hydrogen-bond donors (Lipinski definition) is 1. The van der Waals surface area contributed by atoms with E-state index in [4.69, 9.17) is 9.47 Å². The van der Waals surface area contributed by atoms with Crippen LogP contribution < -0.4 is 14.8 Å². The van der Waals surface area contributed by atoms with Crippen molar-refractivity contribution in [2.75, 3.05) is 25.3 Å². The van der Waals surface area contributed by atoms with Crippen LogP contribution in [0.2, 0.25) is 0 Å². The molecular weight excluding hydrogens is 380 g/mol. The number of amides is 1. The second-order valence-electron chi connectivity index (χ2n) is 5.67. The first kappa shape index (κ1) is 19.3. The second-order valence-corrected chi connectivity index (χ2v) is 7.83. The van der Waals surface area contributed by atoms with Crippen LogP contribution in [0.1, 0.15) is 10.4 Å². The Kier molecular flexibility index (Phi) is 6.73. The lowest BCUT2D eigenvalue weighted by atomic mass is 10.1. The minimum absolute atomic E-state index is 0.0684. The number of hydrogen-bond acceptors (Lipinski definition) is 6. The summed E-state index contributed by atoms with van der Waals surface area (Å²) in [7, 11) is 3.28. The van der Waals surface area contributed by atoms with Crippen LogP contribution in [-0.2, 0) is 11.2 Å². The van der Waals surface area contributed by atoms with E-state index in [0.717, 1.165) is 27.7 Å². The SMILES string of the molecule is COc1ccc(Cc2cnc(NC(=O)CSc3ccc(OC)cc3)s2)cc1. The van der Waals surface area contributed by atoms with Crippen molar-refractivity contribution in [3.05, 3.63) is 65.2 Å². The lowest BCUT2D eigenvalue weighted by Gasteiger charge is -2.04. The predicted molar refractivity (Wildman–Crippen MR) is 110 cm³/mol. The van der Waals surface area contributed by atoms with Crippen molar-refractivity contribution in [2.24, 2.45) is 0 Å². The standard InChI is InChI=1S/C20H20N2O3S2/c1-24-15-5-3-14(4-6-15)11-18-12-21-20(27-18)22-19(23)13-26-17-9-7-16(25-2)8-10-17/h3-10,12H,11,13H2,1-2H3,(H,21,22,23). The van der Waals surface area contributed by atoms with E-state index in [1.54, 1.807) is 20.4 Å². The molecule has 27 heavy (non-hydrogen) atoms. The molecule has 0 saturated heterocycles. The van der Waals surface area contributed by atoms with Gasteiger partial charge in [0.25, 0.3) is 0 Å². The van der Waals surface area contributed by atoms with Crippen LogP contribution in [0, 0.1) is 0 Å². The van der Waals surface area contributed by atoms with E-state index in [1.165, 1.54) is 28.7 Å². The monoisotopic (exact) mass is 400 g/mol. The molecule has 3 rings (SSSR count). The van der Waals surface area contributed by atoms with Crippen molar-refractivity contribution in [2.45, 2.75) is 11.3 Å². The van der Waals surface area contributed by atoms with Gasteiger partial charge in [0, 0.05) is 22.4 Å². The van der Waals surface area contributed by atoms with Crippen LogP contribution in [0.25, 0.3) is 0 Å². The lowest BCUT2D eigenvalue weighted by Crippen LogP contribution is -2.13. The summed E-state index contributed by atoms with van der Waals surface area (Å²) in [6, 6.07) is 15.6. The summed E-state index contributed by atoms with van der Waals surface area (Å²) in [6.45, 7) is 0. The molecule has 0 unspecified atom stereocenters. The molecule has 1 amide bonds. The Labute approximate surface area is 166 Å². The van der Waals surface area contributed by atoms with Crippen LogP contribution in [0.5, 0.6) is 11.5 Å². The number of nitrogens with zero attached hydrogens (tertiary/aromatic N) is 1. The molecule has 0 aliphatic rings. The van der Waals surface area contributed by atoms with Crippen LogP contribution in [0.15, 0.2) is 59.6 Å². The number of rotatable bonds is 8. The maximum Gasteiger partial charge on any atom is 0.236 e. The number of anilines is 1. The Bertz CT molecular complexity index is 877. The summed E-state index contributed by atoms with van der Waals surface area (Å²) in [6.07, 6.45) is 2.58. The molecule has 5 nitrogen and oxygen atoms in total. The van der Waals surface area contributed by atoms with Crippen LogP contribution in [0.4, 0.5) is 5.13 Å². The zero-order valence-corrected chi connectivity index (χ0v) is 16.7. The summed E-state index contributed by atoms with van der Waals surface area (Å²) in [5.41, 5.74) is 1.17. The topological polar surface area (TPSA) is 60.5 Å². The molecule has 7 heteroatoms. The van der Waals surface area contributed by atoms with Gasteiger partial charge in [-0.1, -0.05) is 12.1 Å². The van der Waals surface area contributed by atoms with Crippen molar-refractivity contribution >= 4 is 34.1 Å². The molecule has 0 bridgehead atoms. The van der Waals surface area contributed by atoms with Crippen LogP contribution >= 0.6 is 23.1 Å². The largest absolute Gasteiger partial charge is 0.497 e. The predicted octanol–water partition coefficient (Wildman–Crippen LogP) is 4.48. The fraction of sp³-hybridized carbons (Fsp3) is 0.200. The molecular formula is C20H20N2O3S2. The average molecular weight is 401 g/mol. The van der Waals surface area contributed by atoms with E-state index in [9.17, 15) is 4.79 Å². The third kappa shape index (κ3) is 5.74. The minimum atomic E-state index is -0.0684. The Hall–Kier alpha value is -2.51. The van der Waals surface area contributed by atoms with Gasteiger partial charge in [0.15, 0.2) is 5.13 Å². The fourth-order valence-electron chi connectivity index (χ4n) is 2.37. The van der Waals surface area contributed by atoms with Gasteiger partial charge >= 0.3 is 0 Å². The lowest BCUT2D eigenvalue weighted by molar-refractivity contribution is -0.113. The van der Waals surface area contributed by atoms with Crippen molar-refractivity contribution < 1.29 is 14.3 Å². The van der Waals surface area contributed by atoms with Gasteiger partial charge in [0.1, 0.15) is 11.5 Å². The zero-order chi connectivity index (χ0) is 19.1. The first-order valence-corrected chi connectivity index (χ1v) is 10.1. The van der Waals surface area contributed by atoms with Crippen molar-refractivity contribution in [3.8, 4) is 11.5 Å². The van der Waals surface area contributed by atoms with Gasteiger partial charge in [-0.15, -0.1) is 23.1 Å². The third-order valence-corrected chi connectivity index (χ3v) is 5.69. The molecule has 3 aromatic rings. The van der Waals surface area contributed by atoms with Gasteiger partial charge in [-0.2, -0.15) is 0 Å². The van der Waals surface area contributed by atoms with Crippen molar-refractivity contribution in [1.82, 2.24) is 4.98 Å². The quantitative estimate of drug-likeness (QED) is 0.565. The van der Waals surface area contributed by atoms with Crippen LogP contribution in [0.3, 0.4) is 0 Å². The number of thiazole rings is 1. The number of nitrogens with one attached hydrogen (secondary N) is 1. The molecule has 1 aromatic heterocycles. The van der Waals surface area contributed by atoms with E-state index in [2.05, 4.69) is 10.3 Å². The molecule has 140 valence electrons. The molecule has 1 heterocycles. The maximum absolute atomic E-state index is 12.1. The number of carbonyl (C=O) groups excluding carboxylic acids is 1. The Morgan fingerprint density at radius 1 is 1.04 bits per heavy atom. The Balaban J connectivity index is 1.49. The molecule has 0 saturated carbocycles. The number of thioether (sulfide) groups is 1. The molecule has 2 aromatic carbocycles. The highest BCUT2D eigenvalue weighted by Gasteiger charge is 2.08. The molecule has 1 N–H and O–H groups in total. The van der Waals surface area contributed by atoms with Gasteiger partial charge < -0.3 is 14.8 Å². The van der Waals surface area contributed by atoms with E-state index < -0.39 is 0 Å². The number of methoxy groups -OCH3 is 2. The number of carbonyl (C=O) groups is 1. The minimum Gasteiger partial charge on any atom is -0.497 e. The summed E-state index contributed by atoms with van der Waals surface area (Å²) < 4.78 is 10.3. The molecule has 0 aliphatic heterocycles. The highest BCUT2D eigenvalue weighted by molar-refractivity contribution is 8.00. The highest BCUT2D eigenvalue weighted by Crippen LogP contribution is 2.24. The summed E-state index contributed by atoms with van der Waals surface area (Å²) >= 11 is 2.97. The first-order chi connectivity index (χ1) is 13.2. The molecule has 0 aliphatic carbocycles. The smallest absolute Gasteiger partial charge is 0.236 e. The number of ether oxygens (including phenoxy) is 2. The third-order valence-electron chi connectivity index (χ3n) is 3.77. The zero-order valence-electron chi connectivity index (χ0n) is 15.1. The van der Waals surface area contributed by atoms with E-state index in [1.807, 2.05) is 48.5 Å². The van der Waals surface area contributed by atoms with Crippen LogP contribution in [-0.4, -0.2) is 30.9 Å². The number of benzene rings is 2. The highest BCUT2D eigenvalue weighted by atomic mass is 32.2. The second kappa shape index (κ2) is 9.43. The van der Waals surface area contributed by atoms with Crippen molar-refractivity contribution in [3.63, 3.8) is 0 Å². The van der Waals surface area contributed by atoms with Gasteiger partial charge in [-0.05, 0) is 42.0 Å². The summed E-state index contributed by atoms with van der Waals surface area (Å²) in [4.78, 5) is 18.6. The normalized spacial score (nSPS) is 10.4. The van der Waals surface area contributed by atoms with Crippen molar-refractivity contribution in [1.29, 1.82) is 0 Å². The Morgan fingerprint density at radius 3 is 2.30 bits per heavy atom. The van der Waals surface area contributed by atoms with Gasteiger partial charge in [-0.25, -0.2) is 4.98 Å². The van der Waals surface area contributed by atoms with E-state index >= 15 is 0 Å². The first-order valence-electron chi connectivity index (χ1n) is 8.30. The van der Waals surface area contributed by atoms with Gasteiger partial charge in [-0.3, -0.25) is 4.79 Å². The van der Waals surface area contributed by atoms with Gasteiger partial charge in [0.05, 0.1) is 20.0 Å². The van der Waals surface area contributed by atoms with E-state index in [0.29, 0.717) is 10.9 Å². The molecule has 0 fully saturated rings. The molecule has 0 radical (unpaired) electrons. The Morgan fingerprint density at radius 2 is 1.67 bits per heavy atom. The average Bonchev–Trinajstić information content (AvgIpc) is 3.14. The molecule has 0 atom stereocenters. The van der Waals surface area contributed by atoms with Gasteiger partial charge in [0.2, 0.25) is 5.91 Å².